The minimum absolute atomic E-state index is 0.0511. The first-order chi connectivity index (χ1) is 29.6. The van der Waals surface area contributed by atoms with Crippen molar-refractivity contribution in [3.05, 3.63) is 48.6 Å². The van der Waals surface area contributed by atoms with E-state index in [-0.39, 0.29) is 36.2 Å². The Morgan fingerprint density at radius 2 is 0.918 bits per heavy atom. The average Bonchev–Trinajstić information content (AvgIpc) is 3.22. The number of carboxylic acid groups (broad SMARTS) is 1. The Labute approximate surface area is 376 Å². The zero-order valence-electron chi connectivity index (χ0n) is 40.4. The van der Waals surface area contributed by atoms with Gasteiger partial charge in [-0.25, -0.2) is 4.79 Å². The largest absolute Gasteiger partial charge is 0.477 e. The maximum atomic E-state index is 12.8. The molecule has 0 aliphatic heterocycles. The van der Waals surface area contributed by atoms with Crippen molar-refractivity contribution in [1.29, 1.82) is 0 Å². The predicted octanol–water partition coefficient (Wildman–Crippen LogP) is 14.4. The van der Waals surface area contributed by atoms with Crippen molar-refractivity contribution in [3.8, 4) is 0 Å². The molecule has 0 radical (unpaired) electrons. The Kier molecular flexibility index (Phi) is 42.0. The predicted molar refractivity (Wildman–Crippen MR) is 257 cm³/mol. The topological polar surface area (TPSA) is 99.1 Å². The molecule has 1 N–H and O–H groups in total. The molecule has 0 amide bonds. The molecule has 8 heteroatoms. The van der Waals surface area contributed by atoms with Gasteiger partial charge in [0.25, 0.3) is 0 Å². The maximum absolute atomic E-state index is 12.8. The molecule has 0 saturated heterocycles. The second-order valence-corrected chi connectivity index (χ2v) is 18.1. The zero-order chi connectivity index (χ0) is 44.9. The summed E-state index contributed by atoms with van der Waals surface area (Å²) < 4.78 is 17.3. The van der Waals surface area contributed by atoms with Gasteiger partial charge >= 0.3 is 17.9 Å². The molecule has 0 aromatic carbocycles. The first-order valence-electron chi connectivity index (χ1n) is 25.2. The van der Waals surface area contributed by atoms with Gasteiger partial charge in [-0.05, 0) is 51.4 Å². The first kappa shape index (κ1) is 58.3. The number of hydrogen-bond donors (Lipinski definition) is 1. The highest BCUT2D eigenvalue weighted by Gasteiger charge is 2.31. The summed E-state index contributed by atoms with van der Waals surface area (Å²) in [6, 6.07) is -0.615. The second-order valence-electron chi connectivity index (χ2n) is 18.1. The minimum atomic E-state index is -0.875. The van der Waals surface area contributed by atoms with Crippen LogP contribution < -0.4 is 0 Å². The van der Waals surface area contributed by atoms with Crippen LogP contribution in [0, 0.1) is 0 Å². The number of quaternary nitrogens is 1. The fourth-order valence-corrected chi connectivity index (χ4v) is 7.38. The number of rotatable bonds is 45. The molecule has 0 aromatic rings. The molecule has 0 heterocycles. The third-order valence-electron chi connectivity index (χ3n) is 11.2. The molecule has 8 nitrogen and oxygen atoms in total. The molecule has 0 saturated carbocycles. The number of hydrogen-bond acceptors (Lipinski definition) is 6. The minimum Gasteiger partial charge on any atom is -0.477 e. The van der Waals surface area contributed by atoms with E-state index in [0.717, 1.165) is 70.6 Å². The Bertz CT molecular complexity index is 1140. The summed E-state index contributed by atoms with van der Waals surface area (Å²) in [7, 11) is 5.53. The third-order valence-corrected chi connectivity index (χ3v) is 11.2. The first-order valence-corrected chi connectivity index (χ1v) is 25.2. The van der Waals surface area contributed by atoms with E-state index in [2.05, 4.69) is 62.5 Å². The van der Waals surface area contributed by atoms with Gasteiger partial charge in [-0.1, -0.05) is 197 Å². The molecule has 354 valence electrons. The molecule has 2 atom stereocenters. The SMILES string of the molecule is CC/C=C/C/C=C/C/C=C/C/C=C/CCCCCCCCCCCC(=O)OC(COCCC(C(=O)O)[N+](C)(C)C)COC(=O)CCCCCCCCCCCCCCCCC. The number of carboxylic acids is 1. The highest BCUT2D eigenvalue weighted by atomic mass is 16.6. The van der Waals surface area contributed by atoms with Crippen LogP contribution in [0.4, 0.5) is 0 Å². The smallest absolute Gasteiger partial charge is 0.362 e. The van der Waals surface area contributed by atoms with E-state index >= 15 is 0 Å². The van der Waals surface area contributed by atoms with E-state index in [1.807, 2.05) is 21.1 Å². The molecular weight excluding hydrogens is 763 g/mol. The maximum Gasteiger partial charge on any atom is 0.362 e. The van der Waals surface area contributed by atoms with Crippen molar-refractivity contribution in [2.24, 2.45) is 0 Å². The van der Waals surface area contributed by atoms with E-state index in [0.29, 0.717) is 19.3 Å². The van der Waals surface area contributed by atoms with Crippen molar-refractivity contribution < 1.29 is 38.2 Å². The van der Waals surface area contributed by atoms with Gasteiger partial charge in [0.05, 0.1) is 34.4 Å². The van der Waals surface area contributed by atoms with Crippen LogP contribution in [0.5, 0.6) is 0 Å². The molecule has 0 aliphatic carbocycles. The van der Waals surface area contributed by atoms with Crippen molar-refractivity contribution in [3.63, 3.8) is 0 Å². The lowest BCUT2D eigenvalue weighted by Crippen LogP contribution is -2.50. The van der Waals surface area contributed by atoms with Gasteiger partial charge in [-0.15, -0.1) is 0 Å². The van der Waals surface area contributed by atoms with Crippen LogP contribution in [0.2, 0.25) is 0 Å². The van der Waals surface area contributed by atoms with E-state index in [9.17, 15) is 19.5 Å². The Morgan fingerprint density at radius 1 is 0.508 bits per heavy atom. The van der Waals surface area contributed by atoms with E-state index < -0.39 is 18.1 Å². The lowest BCUT2D eigenvalue weighted by molar-refractivity contribution is -0.887. The molecule has 0 aromatic heterocycles. The lowest BCUT2D eigenvalue weighted by Gasteiger charge is -2.31. The number of carbonyl (C=O) groups excluding carboxylic acids is 2. The molecular formula is C53H96NO7+. The van der Waals surface area contributed by atoms with Gasteiger partial charge in [0.2, 0.25) is 0 Å². The molecule has 0 spiro atoms. The van der Waals surface area contributed by atoms with E-state index in [1.54, 1.807) is 0 Å². The second kappa shape index (κ2) is 43.9. The summed E-state index contributed by atoms with van der Waals surface area (Å²) in [6.45, 7) is 4.64. The fraction of sp³-hybridized carbons (Fsp3) is 0.792. The monoisotopic (exact) mass is 859 g/mol. The number of ether oxygens (including phenoxy) is 3. The van der Waals surface area contributed by atoms with Crippen LogP contribution in [0.3, 0.4) is 0 Å². The molecule has 2 unspecified atom stereocenters. The van der Waals surface area contributed by atoms with E-state index in [1.165, 1.54) is 116 Å². The average molecular weight is 859 g/mol. The third kappa shape index (κ3) is 42.4. The molecule has 0 bridgehead atoms. The van der Waals surface area contributed by atoms with E-state index in [4.69, 9.17) is 14.2 Å². The fourth-order valence-electron chi connectivity index (χ4n) is 7.38. The Hall–Kier alpha value is -2.71. The van der Waals surface area contributed by atoms with Crippen molar-refractivity contribution in [2.75, 3.05) is 41.0 Å². The van der Waals surface area contributed by atoms with Gasteiger partial charge < -0.3 is 23.8 Å². The van der Waals surface area contributed by atoms with Crippen LogP contribution in [0.15, 0.2) is 48.6 Å². The molecule has 0 fully saturated rings. The number of allylic oxidation sites excluding steroid dienone is 8. The van der Waals surface area contributed by atoms with Gasteiger partial charge in [0, 0.05) is 19.3 Å². The Balaban J connectivity index is 4.25. The van der Waals surface area contributed by atoms with Crippen molar-refractivity contribution in [2.45, 2.75) is 231 Å². The summed E-state index contributed by atoms with van der Waals surface area (Å²) in [5, 5.41) is 9.65. The summed E-state index contributed by atoms with van der Waals surface area (Å²) in [4.78, 5) is 37.1. The van der Waals surface area contributed by atoms with Crippen LogP contribution in [-0.2, 0) is 28.6 Å². The van der Waals surface area contributed by atoms with Gasteiger partial charge in [-0.2, -0.15) is 0 Å². The number of carbonyl (C=O) groups is 3. The van der Waals surface area contributed by atoms with Gasteiger partial charge in [0.1, 0.15) is 6.61 Å². The molecule has 0 rings (SSSR count). The number of aliphatic carboxylic acids is 1. The quantitative estimate of drug-likeness (QED) is 0.0282. The standard InChI is InChI=1S/C53H95NO7/c1-6-8-10-12-14-16-18-20-22-23-24-25-26-27-28-30-32-34-36-38-40-42-44-52(56)61-49(47-59-46-45-50(53(57)58)54(3,4)5)48-60-51(55)43-41-39-37-35-33-31-29-21-19-17-15-13-11-9-7-2/h8,10,14,16,20,22,24-25,49-50H,6-7,9,11-13,15,17-19,21,23,26-48H2,1-5H3/p+1/b10-8+,16-14+,22-20+,25-24+. The van der Waals surface area contributed by atoms with Crippen LogP contribution >= 0.6 is 0 Å². The van der Waals surface area contributed by atoms with Crippen LogP contribution in [-0.4, -0.2) is 80.6 Å². The summed E-state index contributed by atoms with van der Waals surface area (Å²) in [5.74, 6) is -1.46. The number of unbranched alkanes of at least 4 members (excludes halogenated alkanes) is 23. The highest BCUT2D eigenvalue weighted by molar-refractivity contribution is 5.72. The van der Waals surface area contributed by atoms with Gasteiger partial charge in [0.15, 0.2) is 12.1 Å². The van der Waals surface area contributed by atoms with Crippen molar-refractivity contribution in [1.82, 2.24) is 0 Å². The zero-order valence-corrected chi connectivity index (χ0v) is 40.4. The Morgan fingerprint density at radius 3 is 1.36 bits per heavy atom. The number of esters is 2. The number of likely N-dealkylation sites (N-methyl/N-ethyl adjacent to an activating group) is 1. The normalized spacial score (nSPS) is 13.3. The summed E-state index contributed by atoms with van der Waals surface area (Å²) in [6.07, 6.45) is 52.9. The lowest BCUT2D eigenvalue weighted by atomic mass is 10.0. The summed E-state index contributed by atoms with van der Waals surface area (Å²) >= 11 is 0. The van der Waals surface area contributed by atoms with Crippen LogP contribution in [0.1, 0.15) is 219 Å². The van der Waals surface area contributed by atoms with Crippen LogP contribution in [0.25, 0.3) is 0 Å². The van der Waals surface area contributed by atoms with Gasteiger partial charge in [-0.3, -0.25) is 9.59 Å². The van der Waals surface area contributed by atoms with Crippen molar-refractivity contribution >= 4 is 17.9 Å². The summed E-state index contributed by atoms with van der Waals surface area (Å²) in [5.41, 5.74) is 0. The number of nitrogens with zero attached hydrogens (tertiary/aromatic N) is 1. The molecule has 0 aliphatic rings. The highest BCUT2D eigenvalue weighted by Crippen LogP contribution is 2.16. The molecule has 61 heavy (non-hydrogen) atoms.